The summed E-state index contributed by atoms with van der Waals surface area (Å²) in [5.74, 6) is -1.78. The van der Waals surface area contributed by atoms with Crippen LogP contribution in [0.1, 0.15) is 67.2 Å². The number of carboxylic acids is 1. The summed E-state index contributed by atoms with van der Waals surface area (Å²) in [6.45, 7) is 5.79. The first kappa shape index (κ1) is 19.2. The number of rotatable bonds is 7. The molecule has 0 atom stereocenters. The Labute approximate surface area is 147 Å². The van der Waals surface area contributed by atoms with Gasteiger partial charge in [-0.05, 0) is 70.7 Å². The summed E-state index contributed by atoms with van der Waals surface area (Å²) < 4.78 is 6.70. The van der Waals surface area contributed by atoms with Gasteiger partial charge in [-0.15, -0.1) is 0 Å². The second kappa shape index (κ2) is 8.11. The smallest absolute Gasteiger partial charge is 0.339 e. The molecule has 1 N–H and O–H groups in total. The SMILES string of the molecule is CCCCCC(C)(C)OC(=O)c1cc(Br)c(Br)cc1C(=O)O. The third kappa shape index (κ3) is 5.39. The van der Waals surface area contributed by atoms with Crippen LogP contribution in [-0.2, 0) is 4.74 Å². The summed E-state index contributed by atoms with van der Waals surface area (Å²) in [5, 5.41) is 9.26. The zero-order valence-corrected chi connectivity index (χ0v) is 16.1. The summed E-state index contributed by atoms with van der Waals surface area (Å²) in [5.41, 5.74) is -0.655. The lowest BCUT2D eigenvalue weighted by Crippen LogP contribution is -2.29. The van der Waals surface area contributed by atoms with Crippen molar-refractivity contribution in [3.8, 4) is 0 Å². The van der Waals surface area contributed by atoms with E-state index in [4.69, 9.17) is 4.74 Å². The Bertz CT molecular complexity index is 568. The minimum Gasteiger partial charge on any atom is -0.478 e. The first-order valence-electron chi connectivity index (χ1n) is 7.13. The lowest BCUT2D eigenvalue weighted by molar-refractivity contribution is -0.00575. The molecule has 0 saturated carbocycles. The minimum atomic E-state index is -1.16. The monoisotopic (exact) mass is 434 g/mol. The number of benzene rings is 1. The lowest BCUT2D eigenvalue weighted by atomic mass is 10.00. The van der Waals surface area contributed by atoms with Crippen LogP contribution in [0.2, 0.25) is 0 Å². The van der Waals surface area contributed by atoms with Crippen molar-refractivity contribution >= 4 is 43.8 Å². The van der Waals surface area contributed by atoms with Gasteiger partial charge in [0, 0.05) is 8.95 Å². The van der Waals surface area contributed by atoms with Crippen LogP contribution in [0, 0.1) is 0 Å². The molecule has 1 aromatic carbocycles. The number of halogens is 2. The number of carbonyl (C=O) groups is 2. The molecule has 122 valence electrons. The normalized spacial score (nSPS) is 11.3. The van der Waals surface area contributed by atoms with E-state index in [1.807, 2.05) is 13.8 Å². The van der Waals surface area contributed by atoms with Crippen LogP contribution in [0.4, 0.5) is 0 Å². The van der Waals surface area contributed by atoms with Crippen molar-refractivity contribution in [2.24, 2.45) is 0 Å². The van der Waals surface area contributed by atoms with Crippen LogP contribution in [0.25, 0.3) is 0 Å². The van der Waals surface area contributed by atoms with Crippen molar-refractivity contribution in [1.29, 1.82) is 0 Å². The maximum atomic E-state index is 12.4. The Morgan fingerprint density at radius 2 is 1.68 bits per heavy atom. The van der Waals surface area contributed by atoms with Gasteiger partial charge in [0.25, 0.3) is 0 Å². The quantitative estimate of drug-likeness (QED) is 0.458. The van der Waals surface area contributed by atoms with E-state index in [9.17, 15) is 14.7 Å². The van der Waals surface area contributed by atoms with Crippen LogP contribution in [0.3, 0.4) is 0 Å². The average molecular weight is 436 g/mol. The summed E-state index contributed by atoms with van der Waals surface area (Å²) in [7, 11) is 0. The fraction of sp³-hybridized carbons (Fsp3) is 0.500. The molecular formula is C16H20Br2O4. The standard InChI is InChI=1S/C16H20Br2O4/c1-4-5-6-7-16(2,3)22-15(21)11-9-13(18)12(17)8-10(11)14(19)20/h8-9H,4-7H2,1-3H3,(H,19,20). The summed E-state index contributed by atoms with van der Waals surface area (Å²) >= 11 is 6.52. The van der Waals surface area contributed by atoms with Gasteiger partial charge in [0.1, 0.15) is 5.60 Å². The summed E-state index contributed by atoms with van der Waals surface area (Å²) in [6.07, 6.45) is 3.87. The van der Waals surface area contributed by atoms with Crippen LogP contribution in [0.5, 0.6) is 0 Å². The molecule has 0 radical (unpaired) electrons. The number of carbonyl (C=O) groups excluding carboxylic acids is 1. The number of esters is 1. The Morgan fingerprint density at radius 3 is 2.18 bits per heavy atom. The van der Waals surface area contributed by atoms with Gasteiger partial charge in [0.15, 0.2) is 0 Å². The molecule has 0 aromatic heterocycles. The summed E-state index contributed by atoms with van der Waals surface area (Å²) in [6, 6.07) is 2.87. The molecule has 22 heavy (non-hydrogen) atoms. The highest BCUT2D eigenvalue weighted by Crippen LogP contribution is 2.29. The molecule has 4 nitrogen and oxygen atoms in total. The van der Waals surface area contributed by atoms with Crippen molar-refractivity contribution in [2.75, 3.05) is 0 Å². The maximum Gasteiger partial charge on any atom is 0.339 e. The van der Waals surface area contributed by atoms with E-state index in [0.717, 1.165) is 25.7 Å². The molecule has 6 heteroatoms. The van der Waals surface area contributed by atoms with E-state index in [2.05, 4.69) is 38.8 Å². The van der Waals surface area contributed by atoms with E-state index in [1.54, 1.807) is 0 Å². The Hall–Kier alpha value is -0.880. The van der Waals surface area contributed by atoms with E-state index in [0.29, 0.717) is 8.95 Å². The second-order valence-corrected chi connectivity index (χ2v) is 7.43. The molecule has 0 amide bonds. The number of hydrogen-bond acceptors (Lipinski definition) is 3. The third-order valence-corrected chi connectivity index (χ3v) is 5.11. The molecule has 0 spiro atoms. The van der Waals surface area contributed by atoms with Gasteiger partial charge in [-0.2, -0.15) is 0 Å². The zero-order chi connectivity index (χ0) is 16.9. The number of ether oxygens (including phenoxy) is 1. The van der Waals surface area contributed by atoms with E-state index in [-0.39, 0.29) is 11.1 Å². The highest BCUT2D eigenvalue weighted by atomic mass is 79.9. The van der Waals surface area contributed by atoms with E-state index in [1.165, 1.54) is 12.1 Å². The molecule has 1 rings (SSSR count). The van der Waals surface area contributed by atoms with Gasteiger partial charge in [-0.3, -0.25) is 0 Å². The van der Waals surface area contributed by atoms with Crippen molar-refractivity contribution in [2.45, 2.75) is 52.1 Å². The van der Waals surface area contributed by atoms with Gasteiger partial charge < -0.3 is 9.84 Å². The zero-order valence-electron chi connectivity index (χ0n) is 12.9. The Balaban J connectivity index is 2.98. The molecule has 0 saturated heterocycles. The van der Waals surface area contributed by atoms with Crippen molar-refractivity contribution < 1.29 is 19.4 Å². The highest BCUT2D eigenvalue weighted by molar-refractivity contribution is 9.13. The summed E-state index contributed by atoms with van der Waals surface area (Å²) in [4.78, 5) is 23.7. The van der Waals surface area contributed by atoms with E-state index >= 15 is 0 Å². The van der Waals surface area contributed by atoms with Gasteiger partial charge in [0.05, 0.1) is 11.1 Å². The van der Waals surface area contributed by atoms with E-state index < -0.39 is 17.5 Å². The largest absolute Gasteiger partial charge is 0.478 e. The Morgan fingerprint density at radius 1 is 1.14 bits per heavy atom. The van der Waals surface area contributed by atoms with Crippen LogP contribution < -0.4 is 0 Å². The van der Waals surface area contributed by atoms with Gasteiger partial charge in [0.2, 0.25) is 0 Å². The molecule has 0 unspecified atom stereocenters. The fourth-order valence-electron chi connectivity index (χ4n) is 2.05. The Kier molecular flexibility index (Phi) is 7.06. The molecule has 0 aliphatic carbocycles. The average Bonchev–Trinajstić information content (AvgIpc) is 2.40. The first-order chi connectivity index (χ1) is 10.2. The topological polar surface area (TPSA) is 63.6 Å². The second-order valence-electron chi connectivity index (χ2n) is 5.72. The van der Waals surface area contributed by atoms with Gasteiger partial charge >= 0.3 is 11.9 Å². The van der Waals surface area contributed by atoms with Crippen LogP contribution in [0.15, 0.2) is 21.1 Å². The number of carboxylic acid groups (broad SMARTS) is 1. The predicted molar refractivity (Wildman–Crippen MR) is 92.4 cm³/mol. The van der Waals surface area contributed by atoms with Crippen molar-refractivity contribution in [1.82, 2.24) is 0 Å². The molecule has 0 aliphatic heterocycles. The van der Waals surface area contributed by atoms with Crippen LogP contribution in [-0.4, -0.2) is 22.6 Å². The molecular weight excluding hydrogens is 416 g/mol. The van der Waals surface area contributed by atoms with Gasteiger partial charge in [-0.1, -0.05) is 19.8 Å². The van der Waals surface area contributed by atoms with Crippen molar-refractivity contribution in [3.05, 3.63) is 32.2 Å². The number of hydrogen-bond donors (Lipinski definition) is 1. The first-order valence-corrected chi connectivity index (χ1v) is 8.72. The molecule has 0 bridgehead atoms. The lowest BCUT2D eigenvalue weighted by Gasteiger charge is -2.25. The van der Waals surface area contributed by atoms with Crippen molar-refractivity contribution in [3.63, 3.8) is 0 Å². The van der Waals surface area contributed by atoms with Crippen LogP contribution >= 0.6 is 31.9 Å². The fourth-order valence-corrected chi connectivity index (χ4v) is 2.74. The molecule has 0 aliphatic rings. The predicted octanol–water partition coefficient (Wildman–Crippen LogP) is 5.43. The number of aromatic carboxylic acids is 1. The van der Waals surface area contributed by atoms with Gasteiger partial charge in [-0.25, -0.2) is 9.59 Å². The molecule has 0 heterocycles. The molecule has 0 fully saturated rings. The third-order valence-electron chi connectivity index (χ3n) is 3.26. The maximum absolute atomic E-state index is 12.4. The highest BCUT2D eigenvalue weighted by Gasteiger charge is 2.27. The number of unbranched alkanes of at least 4 members (excludes halogenated alkanes) is 2. The minimum absolute atomic E-state index is 0.0474. The molecule has 1 aromatic rings.